The van der Waals surface area contributed by atoms with E-state index in [1.807, 2.05) is 6.92 Å². The summed E-state index contributed by atoms with van der Waals surface area (Å²) >= 11 is 7.01. The van der Waals surface area contributed by atoms with Crippen LogP contribution < -0.4 is 9.46 Å². The van der Waals surface area contributed by atoms with Gasteiger partial charge in [-0.15, -0.1) is 11.3 Å². The van der Waals surface area contributed by atoms with Gasteiger partial charge in [0.1, 0.15) is 10.3 Å². The Kier molecular flexibility index (Phi) is 9.12. The van der Waals surface area contributed by atoms with E-state index in [4.69, 9.17) is 16.3 Å². The zero-order chi connectivity index (χ0) is 29.2. The Morgan fingerprint density at radius 1 is 1.15 bits per heavy atom. The Labute approximate surface area is 243 Å². The van der Waals surface area contributed by atoms with Crippen LogP contribution in [0.2, 0.25) is 5.02 Å². The number of amides is 1. The van der Waals surface area contributed by atoms with E-state index in [-0.39, 0.29) is 45.8 Å². The molecule has 1 aliphatic heterocycles. The van der Waals surface area contributed by atoms with Gasteiger partial charge in [-0.2, -0.15) is 4.31 Å². The van der Waals surface area contributed by atoms with Crippen molar-refractivity contribution in [2.45, 2.75) is 35.1 Å². The summed E-state index contributed by atoms with van der Waals surface area (Å²) < 4.78 is 63.0. The first-order chi connectivity index (χ1) is 18.8. The fourth-order valence-electron chi connectivity index (χ4n) is 4.27. The Bertz CT molecular complexity index is 1560. The molecule has 0 unspecified atom stereocenters. The molecule has 14 heteroatoms. The number of hydrogen-bond acceptors (Lipinski definition) is 8. The first-order valence-corrected chi connectivity index (χ1v) is 16.5. The molecule has 0 saturated heterocycles. The Morgan fingerprint density at radius 3 is 2.48 bits per heavy atom. The Morgan fingerprint density at radius 2 is 1.85 bits per heavy atom. The summed E-state index contributed by atoms with van der Waals surface area (Å²) in [6.45, 7) is 3.32. The lowest BCUT2D eigenvalue weighted by Crippen LogP contribution is -2.50. The molecule has 0 bridgehead atoms. The first kappa shape index (κ1) is 30.3. The van der Waals surface area contributed by atoms with Gasteiger partial charge in [-0.3, -0.25) is 9.52 Å². The second-order valence-electron chi connectivity index (χ2n) is 9.58. The third-order valence-electron chi connectivity index (χ3n) is 6.66. The average molecular weight is 628 g/mol. The number of halogens is 1. The minimum atomic E-state index is -4.10. The number of nitrogens with zero attached hydrogens (tertiary/aromatic N) is 2. The van der Waals surface area contributed by atoms with Crippen molar-refractivity contribution in [3.8, 4) is 5.75 Å². The SMILES string of the molecule is C[C@H](CO)N1C[C@H](C)[C@@H](CN(C)S(=O)(=O)c2cccs2)Oc2c(NS(=O)(=O)c3ccc(Cl)cc3)cccc2C1=O. The van der Waals surface area contributed by atoms with Gasteiger partial charge in [0.05, 0.1) is 35.3 Å². The van der Waals surface area contributed by atoms with Gasteiger partial charge in [-0.1, -0.05) is 30.7 Å². The number of thiophene rings is 1. The molecule has 3 atom stereocenters. The van der Waals surface area contributed by atoms with Crippen molar-refractivity contribution in [2.24, 2.45) is 5.92 Å². The van der Waals surface area contributed by atoms with Gasteiger partial charge in [0.25, 0.3) is 26.0 Å². The van der Waals surface area contributed by atoms with Gasteiger partial charge >= 0.3 is 0 Å². The van der Waals surface area contributed by atoms with Gasteiger partial charge in [-0.05, 0) is 54.8 Å². The lowest BCUT2D eigenvalue weighted by atomic mass is 9.99. The summed E-state index contributed by atoms with van der Waals surface area (Å²) in [6, 6.07) is 12.7. The standard InChI is InChI=1S/C26H30ClN3O7S3/c1-17-14-30(18(2)16-31)26(32)21-6-4-7-22(28-39(33,34)20-11-9-19(27)10-12-20)25(21)37-23(17)15-29(3)40(35,36)24-8-5-13-38-24/h4-13,17-18,23,28,31H,14-16H2,1-3H3/t17-,18+,23+/m0/s1. The van der Waals surface area contributed by atoms with Crippen LogP contribution in [0, 0.1) is 5.92 Å². The second kappa shape index (κ2) is 12.0. The lowest BCUT2D eigenvalue weighted by molar-refractivity contribution is 0.0389. The number of sulfonamides is 2. The number of aliphatic hydroxyl groups excluding tert-OH is 1. The number of rotatable bonds is 9. The van der Waals surface area contributed by atoms with Gasteiger partial charge in [0.2, 0.25) is 0 Å². The lowest BCUT2D eigenvalue weighted by Gasteiger charge is -2.38. The summed E-state index contributed by atoms with van der Waals surface area (Å²) in [5, 5.41) is 11.9. The molecule has 4 rings (SSSR count). The third-order valence-corrected chi connectivity index (χ3v) is 11.5. The largest absolute Gasteiger partial charge is 0.486 e. The molecule has 2 N–H and O–H groups in total. The number of nitrogens with one attached hydrogen (secondary N) is 1. The number of benzene rings is 2. The molecule has 2 aromatic carbocycles. The van der Waals surface area contributed by atoms with E-state index >= 15 is 0 Å². The summed E-state index contributed by atoms with van der Waals surface area (Å²) in [6.07, 6.45) is -0.777. The summed E-state index contributed by atoms with van der Waals surface area (Å²) in [7, 11) is -6.47. The van der Waals surface area contributed by atoms with Crippen molar-refractivity contribution in [1.82, 2.24) is 9.21 Å². The molecule has 2 heterocycles. The van der Waals surface area contributed by atoms with Crippen molar-refractivity contribution in [3.05, 3.63) is 70.6 Å². The predicted molar refractivity (Wildman–Crippen MR) is 154 cm³/mol. The fourth-order valence-corrected chi connectivity index (χ4v) is 7.85. The van der Waals surface area contributed by atoms with E-state index in [1.165, 1.54) is 64.8 Å². The monoisotopic (exact) mass is 627 g/mol. The highest BCUT2D eigenvalue weighted by molar-refractivity contribution is 7.92. The highest BCUT2D eigenvalue weighted by atomic mass is 35.5. The Hall–Kier alpha value is -2.68. The molecule has 0 radical (unpaired) electrons. The number of carbonyl (C=O) groups is 1. The first-order valence-electron chi connectivity index (χ1n) is 12.3. The quantitative estimate of drug-likeness (QED) is 0.369. The van der Waals surface area contributed by atoms with Crippen LogP contribution in [-0.2, 0) is 20.0 Å². The number of carbonyl (C=O) groups excluding carboxylic acids is 1. The van der Waals surface area contributed by atoms with Crippen LogP contribution in [0.5, 0.6) is 5.75 Å². The smallest absolute Gasteiger partial charge is 0.262 e. The van der Waals surface area contributed by atoms with E-state index < -0.39 is 44.0 Å². The molecule has 1 aromatic heterocycles. The van der Waals surface area contributed by atoms with Crippen LogP contribution in [0.3, 0.4) is 0 Å². The molecule has 0 fully saturated rings. The minimum Gasteiger partial charge on any atom is -0.486 e. The Balaban J connectivity index is 1.76. The molecular formula is C26H30ClN3O7S3. The van der Waals surface area contributed by atoms with E-state index in [0.29, 0.717) is 5.02 Å². The van der Waals surface area contributed by atoms with Gasteiger partial charge in [0, 0.05) is 24.5 Å². The number of ether oxygens (including phenoxy) is 1. The van der Waals surface area contributed by atoms with E-state index in [1.54, 1.807) is 18.4 Å². The molecule has 1 aliphatic rings. The average Bonchev–Trinajstić information content (AvgIpc) is 3.47. The zero-order valence-electron chi connectivity index (χ0n) is 22.0. The van der Waals surface area contributed by atoms with Crippen LogP contribution in [0.4, 0.5) is 5.69 Å². The van der Waals surface area contributed by atoms with Crippen LogP contribution in [-0.4, -0.2) is 75.9 Å². The molecule has 0 spiro atoms. The molecule has 40 heavy (non-hydrogen) atoms. The maximum absolute atomic E-state index is 13.6. The molecule has 216 valence electrons. The fraction of sp³-hybridized carbons (Fsp3) is 0.346. The van der Waals surface area contributed by atoms with Crippen molar-refractivity contribution in [1.29, 1.82) is 0 Å². The zero-order valence-corrected chi connectivity index (χ0v) is 25.2. The molecule has 10 nitrogen and oxygen atoms in total. The highest BCUT2D eigenvalue weighted by Gasteiger charge is 2.36. The number of fused-ring (bicyclic) bond motifs is 1. The molecule has 0 aliphatic carbocycles. The van der Waals surface area contributed by atoms with Gasteiger partial charge in [0.15, 0.2) is 5.75 Å². The van der Waals surface area contributed by atoms with E-state index in [2.05, 4.69) is 4.72 Å². The van der Waals surface area contributed by atoms with Crippen LogP contribution in [0.25, 0.3) is 0 Å². The number of anilines is 1. The maximum atomic E-state index is 13.6. The molecule has 1 amide bonds. The second-order valence-corrected chi connectivity index (χ2v) is 14.9. The van der Waals surface area contributed by atoms with Crippen LogP contribution in [0.15, 0.2) is 69.1 Å². The van der Waals surface area contributed by atoms with Gasteiger partial charge < -0.3 is 14.7 Å². The van der Waals surface area contributed by atoms with Crippen LogP contribution in [0.1, 0.15) is 24.2 Å². The van der Waals surface area contributed by atoms with Crippen molar-refractivity contribution in [2.75, 3.05) is 31.5 Å². The van der Waals surface area contributed by atoms with Gasteiger partial charge in [-0.25, -0.2) is 16.8 Å². The van der Waals surface area contributed by atoms with Crippen molar-refractivity contribution < 1.29 is 31.5 Å². The van der Waals surface area contributed by atoms with Crippen molar-refractivity contribution in [3.63, 3.8) is 0 Å². The van der Waals surface area contributed by atoms with Crippen molar-refractivity contribution >= 4 is 54.6 Å². The topological polar surface area (TPSA) is 133 Å². The van der Waals surface area contributed by atoms with E-state index in [0.717, 1.165) is 11.3 Å². The molecular weight excluding hydrogens is 598 g/mol. The summed E-state index contributed by atoms with van der Waals surface area (Å²) in [5.41, 5.74) is 0.0949. The summed E-state index contributed by atoms with van der Waals surface area (Å²) in [5.74, 6) is -0.874. The van der Waals surface area contributed by atoms with Crippen LogP contribution >= 0.6 is 22.9 Å². The minimum absolute atomic E-state index is 0.0141. The molecule has 3 aromatic rings. The third kappa shape index (κ3) is 6.29. The maximum Gasteiger partial charge on any atom is 0.262 e. The molecule has 0 saturated carbocycles. The van der Waals surface area contributed by atoms with E-state index in [9.17, 15) is 26.7 Å². The number of aliphatic hydroxyl groups is 1. The number of para-hydroxylation sites is 1. The number of likely N-dealkylation sites (N-methyl/N-ethyl adjacent to an activating group) is 1. The predicted octanol–water partition coefficient (Wildman–Crippen LogP) is 3.74. The summed E-state index contributed by atoms with van der Waals surface area (Å²) in [4.78, 5) is 15.1. The highest BCUT2D eigenvalue weighted by Crippen LogP contribution is 2.36. The normalized spacial score (nSPS) is 18.9. The number of hydrogen-bond donors (Lipinski definition) is 2.